The Balaban J connectivity index is 2.23. The van der Waals surface area contributed by atoms with Gasteiger partial charge in [-0.15, -0.1) is 0 Å². The molecule has 20 N–H and O–H groups in total. The van der Waals surface area contributed by atoms with Crippen molar-refractivity contribution in [2.45, 2.75) is 140 Å². The number of nitrogens with two attached hydrogens (primary N) is 3. The fourth-order valence-corrected chi connectivity index (χ4v) is 7.51. The highest BCUT2D eigenvalue weighted by Gasteiger charge is 2.37. The molecule has 79 heavy (non-hydrogen) atoms. The lowest BCUT2D eigenvalue weighted by Crippen LogP contribution is -2.62. The number of carboxylic acids is 1. The molecular weight excluding hydrogens is 1040 g/mol. The second-order valence-electron chi connectivity index (χ2n) is 19.7. The molecule has 0 aliphatic rings. The van der Waals surface area contributed by atoms with Crippen LogP contribution in [0.4, 0.5) is 0 Å². The summed E-state index contributed by atoms with van der Waals surface area (Å²) in [7, 11) is 0. The van der Waals surface area contributed by atoms with Gasteiger partial charge >= 0.3 is 5.97 Å². The quantitative estimate of drug-likeness (QED) is 0.0305. The lowest BCUT2D eigenvalue weighted by atomic mass is 10.0. The molecule has 30 heteroatoms. The number of aliphatic carboxylic acids is 1. The zero-order chi connectivity index (χ0) is 59.7. The highest BCUT2D eigenvalue weighted by Crippen LogP contribution is 2.11. The number of carboxylic acid groups (broad SMARTS) is 1. The molecule has 2 aromatic rings. The average molecular weight is 1120 g/mol. The zero-order valence-electron chi connectivity index (χ0n) is 44.8. The number of nitrogens with zero attached hydrogens (tertiary/aromatic N) is 1. The van der Waals surface area contributed by atoms with Crippen molar-refractivity contribution >= 4 is 70.9 Å². The predicted molar refractivity (Wildman–Crippen MR) is 278 cm³/mol. The van der Waals surface area contributed by atoms with E-state index in [9.17, 15) is 78.0 Å². The first kappa shape index (κ1) is 67.0. The van der Waals surface area contributed by atoms with Gasteiger partial charge in [0.15, 0.2) is 0 Å². The lowest BCUT2D eigenvalue weighted by molar-refractivity contribution is -0.142. The Morgan fingerprint density at radius 1 is 0.519 bits per heavy atom. The van der Waals surface area contributed by atoms with E-state index in [0.29, 0.717) is 11.3 Å². The summed E-state index contributed by atoms with van der Waals surface area (Å²) < 4.78 is 0. The van der Waals surface area contributed by atoms with E-state index < -0.39 is 182 Å². The topological polar surface area (TPSA) is 501 Å². The van der Waals surface area contributed by atoms with Crippen molar-refractivity contribution < 1.29 is 78.0 Å². The van der Waals surface area contributed by atoms with Crippen LogP contribution >= 0.6 is 0 Å². The standard InChI is InChI=1S/C49H76N14O16/c1-23(2)14-28(50)40(69)56-30(16-27-18-53-22-54-27)42(71)60-33(19-64)44(73)61-35(21-66)46(75)62-38(24(3)4)47(76)55-29(12-13-36(51)67)41(70)59-34(20-65)45(74)63-39(25(5)6)48(77)57-31(17-37(52)68)43(72)58-32(49(78)79)15-26-10-8-7-9-11-26/h7-11,18,22-25,28-35,38-39,64-66H,12-17,19-21,50H2,1-6H3,(H2,51,67)(H2,52,68)(H,53,54)(H,55,76)(H,56,69)(H,57,77)(H,58,72)(H,59,70)(H,60,71)(H,61,73)(H,62,75)(H,63,74)(H,78,79)/t28-,29-,30-,31-,32-,33-,34-,35-,38-,39-/m0/s1. The van der Waals surface area contributed by atoms with Crippen molar-refractivity contribution in [2.75, 3.05) is 19.8 Å². The van der Waals surface area contributed by atoms with Crippen molar-refractivity contribution in [1.29, 1.82) is 0 Å². The molecule has 11 amide bonds. The molecule has 0 bridgehead atoms. The maximum absolute atomic E-state index is 13.8. The van der Waals surface area contributed by atoms with E-state index in [1.807, 2.05) is 13.8 Å². The monoisotopic (exact) mass is 1120 g/mol. The van der Waals surface area contributed by atoms with Gasteiger partial charge in [-0.25, -0.2) is 9.78 Å². The molecule has 1 heterocycles. The summed E-state index contributed by atoms with van der Waals surface area (Å²) in [5.41, 5.74) is 17.6. The third-order valence-corrected chi connectivity index (χ3v) is 11.9. The minimum atomic E-state index is -1.86. The third-order valence-electron chi connectivity index (χ3n) is 11.9. The SMILES string of the molecule is CC(C)C[C@H](N)C(=O)N[C@@H](Cc1cnc[nH]1)C(=O)N[C@@H](CO)C(=O)N[C@@H](CO)C(=O)N[C@H](C(=O)N[C@@H](CCC(N)=O)C(=O)N[C@@H](CO)C(=O)N[C@H](C(=O)N[C@@H](CC(N)=O)C(=O)N[C@@H](Cc1ccccc1)C(=O)O)C(C)C)C(C)C. The average Bonchev–Trinajstić information content (AvgIpc) is 3.90. The van der Waals surface area contributed by atoms with Crippen LogP contribution in [0.5, 0.6) is 0 Å². The Morgan fingerprint density at radius 3 is 1.35 bits per heavy atom. The Labute approximate surface area is 455 Å². The molecule has 30 nitrogen and oxygen atoms in total. The van der Waals surface area contributed by atoms with Crippen molar-refractivity contribution in [1.82, 2.24) is 57.8 Å². The number of aliphatic hydroxyl groups is 3. The van der Waals surface area contributed by atoms with Crippen molar-refractivity contribution in [3.05, 3.63) is 54.1 Å². The number of nitrogens with one attached hydrogen (secondary N) is 10. The second-order valence-corrected chi connectivity index (χ2v) is 19.7. The molecule has 0 saturated carbocycles. The molecule has 438 valence electrons. The van der Waals surface area contributed by atoms with Crippen LogP contribution in [0.1, 0.15) is 78.5 Å². The van der Waals surface area contributed by atoms with Crippen molar-refractivity contribution in [3.8, 4) is 0 Å². The fourth-order valence-electron chi connectivity index (χ4n) is 7.51. The van der Waals surface area contributed by atoms with Crippen LogP contribution in [0.25, 0.3) is 0 Å². The summed E-state index contributed by atoms with van der Waals surface area (Å²) in [5.74, 6) is -14.5. The first-order chi connectivity index (χ1) is 37.1. The Bertz CT molecular complexity index is 2410. The number of aliphatic hydroxyl groups excluding tert-OH is 3. The summed E-state index contributed by atoms with van der Waals surface area (Å²) in [5, 5.41) is 61.2. The minimum Gasteiger partial charge on any atom is -0.480 e. The number of aromatic nitrogens is 2. The predicted octanol–water partition coefficient (Wildman–Crippen LogP) is -6.55. The van der Waals surface area contributed by atoms with Crippen LogP contribution in [-0.2, 0) is 70.4 Å². The van der Waals surface area contributed by atoms with Crippen LogP contribution in [0, 0.1) is 17.8 Å². The van der Waals surface area contributed by atoms with Crippen LogP contribution in [-0.4, -0.2) is 182 Å². The van der Waals surface area contributed by atoms with E-state index in [1.165, 1.54) is 40.2 Å². The van der Waals surface area contributed by atoms with Crippen LogP contribution in [0.15, 0.2) is 42.9 Å². The molecule has 0 fully saturated rings. The number of imidazole rings is 1. The van der Waals surface area contributed by atoms with E-state index in [1.54, 1.807) is 30.3 Å². The number of aromatic amines is 1. The van der Waals surface area contributed by atoms with E-state index >= 15 is 0 Å². The number of carbonyl (C=O) groups is 12. The highest BCUT2D eigenvalue weighted by molar-refractivity contribution is 5.99. The molecule has 0 aliphatic carbocycles. The molecule has 0 unspecified atom stereocenters. The van der Waals surface area contributed by atoms with E-state index in [4.69, 9.17) is 17.2 Å². The van der Waals surface area contributed by atoms with Crippen molar-refractivity contribution in [3.63, 3.8) is 0 Å². The van der Waals surface area contributed by atoms with Gasteiger partial charge in [0.05, 0.1) is 38.6 Å². The minimum absolute atomic E-state index is 0.0336. The fraction of sp³-hybridized carbons (Fsp3) is 0.571. The normalized spacial score (nSPS) is 15.0. The number of hydrogen-bond acceptors (Lipinski definition) is 17. The van der Waals surface area contributed by atoms with Gasteiger partial charge in [-0.2, -0.15) is 0 Å². The Hall–Kier alpha value is -8.09. The van der Waals surface area contributed by atoms with Crippen LogP contribution < -0.4 is 65.1 Å². The summed E-state index contributed by atoms with van der Waals surface area (Å²) >= 11 is 0. The summed E-state index contributed by atoms with van der Waals surface area (Å²) in [6.07, 6.45) is 0.886. The number of H-pyrrole nitrogens is 1. The van der Waals surface area contributed by atoms with Gasteiger partial charge in [-0.3, -0.25) is 52.7 Å². The molecule has 0 aliphatic heterocycles. The van der Waals surface area contributed by atoms with E-state index in [-0.39, 0.29) is 25.2 Å². The van der Waals surface area contributed by atoms with Gasteiger partial charge in [-0.1, -0.05) is 71.9 Å². The van der Waals surface area contributed by atoms with Gasteiger partial charge in [0, 0.05) is 31.2 Å². The molecular formula is C49H76N14O16. The molecule has 10 atom stereocenters. The summed E-state index contributed by atoms with van der Waals surface area (Å²) in [4.78, 5) is 164. The third kappa shape index (κ3) is 23.2. The molecule has 1 aromatic carbocycles. The van der Waals surface area contributed by atoms with Gasteiger partial charge in [0.25, 0.3) is 0 Å². The van der Waals surface area contributed by atoms with E-state index in [0.717, 1.165) is 0 Å². The molecule has 0 radical (unpaired) electrons. The summed E-state index contributed by atoms with van der Waals surface area (Å²) in [6, 6.07) is -7.53. The number of benzene rings is 1. The number of hydrogen-bond donors (Lipinski definition) is 17. The van der Waals surface area contributed by atoms with Crippen molar-refractivity contribution in [2.24, 2.45) is 35.0 Å². The van der Waals surface area contributed by atoms with Gasteiger partial charge in [0.2, 0.25) is 65.0 Å². The first-order valence-electron chi connectivity index (χ1n) is 25.2. The Kier molecular flexibility index (Phi) is 28.2. The second kappa shape index (κ2) is 33.3. The first-order valence-corrected chi connectivity index (χ1v) is 25.2. The maximum Gasteiger partial charge on any atom is 0.326 e. The molecule has 1 aromatic heterocycles. The summed E-state index contributed by atoms with van der Waals surface area (Å²) in [6.45, 7) is 6.34. The van der Waals surface area contributed by atoms with E-state index in [2.05, 4.69) is 57.8 Å². The number of rotatable bonds is 35. The smallest absolute Gasteiger partial charge is 0.326 e. The van der Waals surface area contributed by atoms with Crippen LogP contribution in [0.3, 0.4) is 0 Å². The molecule has 2 rings (SSSR count). The zero-order valence-corrected chi connectivity index (χ0v) is 44.8. The number of primary amides is 2. The molecule has 0 saturated heterocycles. The van der Waals surface area contributed by atoms with Crippen LogP contribution in [0.2, 0.25) is 0 Å². The van der Waals surface area contributed by atoms with Gasteiger partial charge in [0.1, 0.15) is 54.4 Å². The number of amides is 11. The molecule has 0 spiro atoms. The Morgan fingerprint density at radius 2 is 0.937 bits per heavy atom. The highest BCUT2D eigenvalue weighted by atomic mass is 16.4. The lowest BCUT2D eigenvalue weighted by Gasteiger charge is -2.29. The maximum atomic E-state index is 13.8. The number of carbonyl (C=O) groups excluding carboxylic acids is 11. The largest absolute Gasteiger partial charge is 0.480 e. The van der Waals surface area contributed by atoms with Gasteiger partial charge in [-0.05, 0) is 36.2 Å². The van der Waals surface area contributed by atoms with Gasteiger partial charge < -0.3 is 90.5 Å².